The summed E-state index contributed by atoms with van der Waals surface area (Å²) in [6.45, 7) is 2.66. The van der Waals surface area contributed by atoms with E-state index in [-0.39, 0.29) is 6.04 Å². The van der Waals surface area contributed by atoms with Gasteiger partial charge in [0.1, 0.15) is 0 Å². The summed E-state index contributed by atoms with van der Waals surface area (Å²) in [5.41, 5.74) is -2.85. The highest BCUT2D eigenvalue weighted by molar-refractivity contribution is 5.79. The van der Waals surface area contributed by atoms with Crippen LogP contribution in [0.3, 0.4) is 0 Å². The topological polar surface area (TPSA) is 49.3 Å². The zero-order valence-corrected chi connectivity index (χ0v) is 9.97. The van der Waals surface area contributed by atoms with Gasteiger partial charge in [0.15, 0.2) is 0 Å². The van der Waals surface area contributed by atoms with Crippen LogP contribution < -0.4 is 5.32 Å². The fourth-order valence-electron chi connectivity index (χ4n) is 2.24. The van der Waals surface area contributed by atoms with Crippen LogP contribution in [0.25, 0.3) is 0 Å². The first-order chi connectivity index (χ1) is 7.67. The second-order valence-electron chi connectivity index (χ2n) is 5.04. The molecule has 1 aliphatic carbocycles. The highest BCUT2D eigenvalue weighted by atomic mass is 19.4. The van der Waals surface area contributed by atoms with Crippen molar-refractivity contribution in [3.8, 4) is 0 Å². The van der Waals surface area contributed by atoms with Crippen molar-refractivity contribution in [1.82, 2.24) is 5.32 Å². The molecule has 0 bridgehead atoms. The summed E-state index contributed by atoms with van der Waals surface area (Å²) in [6.07, 6.45) is -1.76. The average molecular weight is 253 g/mol. The van der Waals surface area contributed by atoms with Crippen LogP contribution in [0.2, 0.25) is 0 Å². The van der Waals surface area contributed by atoms with E-state index in [0.717, 1.165) is 12.8 Å². The van der Waals surface area contributed by atoms with Gasteiger partial charge in [0.05, 0.1) is 0 Å². The maximum atomic E-state index is 12.8. The first-order valence-electron chi connectivity index (χ1n) is 5.74. The standard InChI is InChI=1S/C11H18F3NO2/c1-7-4-3-5-8(6-7)15-10(2,9(16)17)11(12,13)14/h7-8,15H,3-6H2,1-2H3,(H,16,17). The van der Waals surface area contributed by atoms with Crippen LogP contribution in [0.1, 0.15) is 39.5 Å². The van der Waals surface area contributed by atoms with E-state index in [9.17, 15) is 18.0 Å². The lowest BCUT2D eigenvalue weighted by molar-refractivity contribution is -0.208. The zero-order chi connectivity index (χ0) is 13.3. The van der Waals surface area contributed by atoms with Gasteiger partial charge in [0, 0.05) is 6.04 Å². The molecule has 0 amide bonds. The molecule has 0 aliphatic heterocycles. The zero-order valence-electron chi connectivity index (χ0n) is 9.97. The van der Waals surface area contributed by atoms with Crippen LogP contribution in [0, 0.1) is 5.92 Å². The van der Waals surface area contributed by atoms with Crippen molar-refractivity contribution in [3.63, 3.8) is 0 Å². The molecule has 2 N–H and O–H groups in total. The van der Waals surface area contributed by atoms with Crippen LogP contribution in [0.5, 0.6) is 0 Å². The largest absolute Gasteiger partial charge is 0.480 e. The van der Waals surface area contributed by atoms with Crippen molar-refractivity contribution in [3.05, 3.63) is 0 Å². The Hall–Kier alpha value is -0.780. The van der Waals surface area contributed by atoms with E-state index < -0.39 is 17.7 Å². The van der Waals surface area contributed by atoms with Gasteiger partial charge >= 0.3 is 12.1 Å². The minimum absolute atomic E-state index is 0.340. The predicted octanol–water partition coefficient (Wildman–Crippen LogP) is 2.56. The van der Waals surface area contributed by atoms with Crippen LogP contribution in [0.15, 0.2) is 0 Å². The number of hydrogen-bond donors (Lipinski definition) is 2. The van der Waals surface area contributed by atoms with Crippen molar-refractivity contribution < 1.29 is 23.1 Å². The molecule has 1 rings (SSSR count). The van der Waals surface area contributed by atoms with Crippen molar-refractivity contribution >= 4 is 5.97 Å². The molecule has 3 atom stereocenters. The second kappa shape index (κ2) is 4.84. The van der Waals surface area contributed by atoms with E-state index in [1.165, 1.54) is 0 Å². The SMILES string of the molecule is CC1CCCC(NC(C)(C(=O)O)C(F)(F)F)C1. The second-order valence-corrected chi connectivity index (χ2v) is 5.04. The monoisotopic (exact) mass is 253 g/mol. The molecule has 17 heavy (non-hydrogen) atoms. The summed E-state index contributed by atoms with van der Waals surface area (Å²) in [5.74, 6) is -1.53. The Labute approximate surface area is 98.4 Å². The molecule has 1 saturated carbocycles. The fraction of sp³-hybridized carbons (Fsp3) is 0.909. The van der Waals surface area contributed by atoms with Crippen LogP contribution in [0.4, 0.5) is 13.2 Å². The van der Waals surface area contributed by atoms with E-state index in [1.54, 1.807) is 0 Å². The van der Waals surface area contributed by atoms with E-state index in [0.29, 0.717) is 25.7 Å². The van der Waals surface area contributed by atoms with Crippen molar-refractivity contribution in [2.24, 2.45) is 5.92 Å². The summed E-state index contributed by atoms with van der Waals surface area (Å²) in [5, 5.41) is 11.1. The van der Waals surface area contributed by atoms with E-state index in [4.69, 9.17) is 5.11 Å². The van der Waals surface area contributed by atoms with Crippen molar-refractivity contribution in [2.75, 3.05) is 0 Å². The molecule has 6 heteroatoms. The Morgan fingerprint density at radius 1 is 1.35 bits per heavy atom. The summed E-state index contributed by atoms with van der Waals surface area (Å²) in [6, 6.07) is -0.374. The molecule has 3 unspecified atom stereocenters. The molecule has 0 heterocycles. The third-order valence-corrected chi connectivity index (χ3v) is 3.42. The quantitative estimate of drug-likeness (QED) is 0.812. The van der Waals surface area contributed by atoms with Gasteiger partial charge < -0.3 is 5.11 Å². The third-order valence-electron chi connectivity index (χ3n) is 3.42. The van der Waals surface area contributed by atoms with E-state index >= 15 is 0 Å². The molecule has 0 aromatic heterocycles. The van der Waals surface area contributed by atoms with E-state index in [1.807, 2.05) is 6.92 Å². The van der Waals surface area contributed by atoms with Gasteiger partial charge in [-0.05, 0) is 25.7 Å². The maximum Gasteiger partial charge on any atom is 0.417 e. The number of nitrogens with one attached hydrogen (secondary N) is 1. The molecule has 0 spiro atoms. The third kappa shape index (κ3) is 3.12. The van der Waals surface area contributed by atoms with Crippen LogP contribution >= 0.6 is 0 Å². The molecule has 0 radical (unpaired) electrons. The molecule has 100 valence electrons. The minimum atomic E-state index is -4.79. The van der Waals surface area contributed by atoms with Gasteiger partial charge in [-0.2, -0.15) is 13.2 Å². The smallest absolute Gasteiger partial charge is 0.417 e. The molecule has 0 saturated heterocycles. The Morgan fingerprint density at radius 3 is 2.35 bits per heavy atom. The Kier molecular flexibility index (Phi) is 4.06. The van der Waals surface area contributed by atoms with Gasteiger partial charge in [-0.1, -0.05) is 19.8 Å². The Bertz CT molecular complexity index is 293. The number of carboxylic acids is 1. The highest BCUT2D eigenvalue weighted by Crippen LogP contribution is 2.33. The number of carboxylic acid groups (broad SMARTS) is 1. The maximum absolute atomic E-state index is 12.8. The molecule has 1 fully saturated rings. The summed E-state index contributed by atoms with van der Waals surface area (Å²) >= 11 is 0. The summed E-state index contributed by atoms with van der Waals surface area (Å²) in [4.78, 5) is 10.8. The number of rotatable bonds is 3. The molecular formula is C11H18F3NO2. The van der Waals surface area contributed by atoms with Gasteiger partial charge in [-0.15, -0.1) is 0 Å². The van der Waals surface area contributed by atoms with Gasteiger partial charge in [0.25, 0.3) is 0 Å². The minimum Gasteiger partial charge on any atom is -0.480 e. The number of alkyl halides is 3. The number of aliphatic carboxylic acids is 1. The van der Waals surface area contributed by atoms with Crippen molar-refractivity contribution in [2.45, 2.75) is 57.3 Å². The Morgan fingerprint density at radius 2 is 1.94 bits per heavy atom. The number of carbonyl (C=O) groups is 1. The number of hydrogen-bond acceptors (Lipinski definition) is 2. The molecular weight excluding hydrogens is 235 g/mol. The number of halogens is 3. The average Bonchev–Trinajstić information content (AvgIpc) is 2.15. The summed E-state index contributed by atoms with van der Waals surface area (Å²) in [7, 11) is 0. The van der Waals surface area contributed by atoms with Crippen LogP contribution in [-0.4, -0.2) is 28.8 Å². The lowest BCUT2D eigenvalue weighted by Crippen LogP contribution is -2.63. The van der Waals surface area contributed by atoms with E-state index in [2.05, 4.69) is 5.32 Å². The predicted molar refractivity (Wildman–Crippen MR) is 56.7 cm³/mol. The summed E-state index contributed by atoms with van der Waals surface area (Å²) < 4.78 is 38.3. The van der Waals surface area contributed by atoms with Gasteiger partial charge in [-0.25, -0.2) is 4.79 Å². The molecule has 0 aromatic rings. The first kappa shape index (κ1) is 14.3. The molecule has 0 aromatic carbocycles. The Balaban J connectivity index is 2.77. The lowest BCUT2D eigenvalue weighted by atomic mass is 9.85. The van der Waals surface area contributed by atoms with Crippen molar-refractivity contribution in [1.29, 1.82) is 0 Å². The highest BCUT2D eigenvalue weighted by Gasteiger charge is 2.58. The van der Waals surface area contributed by atoms with Gasteiger partial charge in [0.2, 0.25) is 5.54 Å². The van der Waals surface area contributed by atoms with Crippen LogP contribution in [-0.2, 0) is 4.79 Å². The fourth-order valence-corrected chi connectivity index (χ4v) is 2.24. The molecule has 3 nitrogen and oxygen atoms in total. The van der Waals surface area contributed by atoms with Gasteiger partial charge in [-0.3, -0.25) is 5.32 Å². The molecule has 1 aliphatic rings. The normalized spacial score (nSPS) is 29.7. The first-order valence-corrected chi connectivity index (χ1v) is 5.74. The lowest BCUT2D eigenvalue weighted by Gasteiger charge is -2.36.